The zero-order chi connectivity index (χ0) is 25.5. The van der Waals surface area contributed by atoms with Gasteiger partial charge in [-0.1, -0.05) is 23.7 Å². The molecule has 0 aliphatic carbocycles. The van der Waals surface area contributed by atoms with Crippen molar-refractivity contribution in [1.82, 2.24) is 14.9 Å². The molecule has 2 aliphatic rings. The first kappa shape index (κ1) is 25.4. The van der Waals surface area contributed by atoms with Gasteiger partial charge in [-0.05, 0) is 30.7 Å². The highest BCUT2D eigenvalue weighted by atomic mass is 35.5. The summed E-state index contributed by atoms with van der Waals surface area (Å²) < 4.78 is 17.2. The van der Waals surface area contributed by atoms with E-state index in [-0.39, 0.29) is 12.0 Å². The standard InChI is InChI=1S/C27H30ClN5O4/c28-19-4-1-5-20(14-19)31-27-22-15-24(32-26(34)6-2-8-33-9-3-11-35-13-10-33)25(16-23(22)29-18-30-27)37-21-7-12-36-17-21/h1-2,4-6,14-16,18,21H,3,7-13,17H2,(H,32,34)(H,29,30,31)/t21-/m0/s1. The van der Waals surface area contributed by atoms with E-state index in [0.717, 1.165) is 50.2 Å². The lowest BCUT2D eigenvalue weighted by molar-refractivity contribution is -0.111. The quantitative estimate of drug-likeness (QED) is 0.419. The minimum Gasteiger partial charge on any atom is -0.486 e. The van der Waals surface area contributed by atoms with E-state index < -0.39 is 0 Å². The smallest absolute Gasteiger partial charge is 0.248 e. The highest BCUT2D eigenvalue weighted by molar-refractivity contribution is 6.30. The van der Waals surface area contributed by atoms with Crippen molar-refractivity contribution in [2.45, 2.75) is 18.9 Å². The molecule has 1 atom stereocenters. The van der Waals surface area contributed by atoms with Crippen LogP contribution in [0.25, 0.3) is 10.9 Å². The molecule has 9 nitrogen and oxygen atoms in total. The Kier molecular flexibility index (Phi) is 8.47. The number of amides is 1. The van der Waals surface area contributed by atoms with E-state index in [1.54, 1.807) is 6.08 Å². The van der Waals surface area contributed by atoms with E-state index >= 15 is 0 Å². The van der Waals surface area contributed by atoms with Crippen LogP contribution in [-0.2, 0) is 14.3 Å². The topological polar surface area (TPSA) is 97.8 Å². The molecule has 3 aromatic rings. The fourth-order valence-electron chi connectivity index (χ4n) is 4.33. The van der Waals surface area contributed by atoms with Gasteiger partial charge >= 0.3 is 0 Å². The lowest BCUT2D eigenvalue weighted by Gasteiger charge is -2.18. The number of benzene rings is 2. The van der Waals surface area contributed by atoms with Gasteiger partial charge in [-0.3, -0.25) is 9.69 Å². The number of ether oxygens (including phenoxy) is 3. The Bertz CT molecular complexity index is 1260. The van der Waals surface area contributed by atoms with Gasteiger partial charge in [0, 0.05) is 60.9 Å². The van der Waals surface area contributed by atoms with E-state index in [2.05, 4.69) is 25.5 Å². The summed E-state index contributed by atoms with van der Waals surface area (Å²) in [5, 5.41) is 7.64. The Balaban J connectivity index is 1.39. The number of halogens is 1. The zero-order valence-electron chi connectivity index (χ0n) is 20.5. The van der Waals surface area contributed by atoms with Gasteiger partial charge in [0.1, 0.15) is 24.0 Å². The summed E-state index contributed by atoms with van der Waals surface area (Å²) in [7, 11) is 0. The number of hydrogen-bond donors (Lipinski definition) is 2. The zero-order valence-corrected chi connectivity index (χ0v) is 21.2. The van der Waals surface area contributed by atoms with Crippen molar-refractivity contribution in [3.8, 4) is 5.75 Å². The molecule has 5 rings (SSSR count). The Labute approximate surface area is 220 Å². The number of aromatic nitrogens is 2. The molecular formula is C27H30ClN5O4. The Hall–Kier alpha value is -3.24. The summed E-state index contributed by atoms with van der Waals surface area (Å²) in [4.78, 5) is 24.0. The minimum atomic E-state index is -0.237. The first-order chi connectivity index (χ1) is 18.1. The monoisotopic (exact) mass is 523 g/mol. The molecule has 0 bridgehead atoms. The highest BCUT2D eigenvalue weighted by Crippen LogP contribution is 2.35. The van der Waals surface area contributed by atoms with E-state index in [4.69, 9.17) is 25.8 Å². The van der Waals surface area contributed by atoms with Crippen molar-refractivity contribution in [3.05, 3.63) is 59.9 Å². The molecule has 1 amide bonds. The summed E-state index contributed by atoms with van der Waals surface area (Å²) in [5.74, 6) is 0.901. The largest absolute Gasteiger partial charge is 0.486 e. The molecule has 10 heteroatoms. The molecule has 0 spiro atoms. The Morgan fingerprint density at radius 1 is 1.16 bits per heavy atom. The average Bonchev–Trinajstić information content (AvgIpc) is 3.26. The van der Waals surface area contributed by atoms with Gasteiger partial charge in [0.2, 0.25) is 5.91 Å². The highest BCUT2D eigenvalue weighted by Gasteiger charge is 2.21. The number of rotatable bonds is 8. The van der Waals surface area contributed by atoms with Crippen molar-refractivity contribution in [2.24, 2.45) is 0 Å². The Morgan fingerprint density at radius 2 is 2.11 bits per heavy atom. The van der Waals surface area contributed by atoms with Crippen molar-refractivity contribution < 1.29 is 19.0 Å². The average molecular weight is 524 g/mol. The molecule has 2 aliphatic heterocycles. The third kappa shape index (κ3) is 6.95. The van der Waals surface area contributed by atoms with E-state index in [1.165, 1.54) is 6.33 Å². The number of nitrogens with zero attached hydrogens (tertiary/aromatic N) is 3. The number of fused-ring (bicyclic) bond motifs is 1. The lowest BCUT2D eigenvalue weighted by Crippen LogP contribution is -2.26. The normalized spacial score (nSPS) is 18.7. The second kappa shape index (κ2) is 12.3. The van der Waals surface area contributed by atoms with Crippen LogP contribution in [0.3, 0.4) is 0 Å². The molecule has 0 saturated carbocycles. The molecule has 1 aromatic heterocycles. The first-order valence-electron chi connectivity index (χ1n) is 12.5. The van der Waals surface area contributed by atoms with Crippen LogP contribution >= 0.6 is 11.6 Å². The molecular weight excluding hydrogens is 494 g/mol. The fraction of sp³-hybridized carbons (Fsp3) is 0.370. The minimum absolute atomic E-state index is 0.0835. The van der Waals surface area contributed by atoms with E-state index in [9.17, 15) is 4.79 Å². The molecule has 194 valence electrons. The van der Waals surface area contributed by atoms with Crippen molar-refractivity contribution >= 4 is 45.6 Å². The summed E-state index contributed by atoms with van der Waals surface area (Å²) in [6.45, 7) is 5.18. The van der Waals surface area contributed by atoms with Gasteiger partial charge in [0.15, 0.2) is 0 Å². The lowest BCUT2D eigenvalue weighted by atomic mass is 10.1. The second-order valence-corrected chi connectivity index (χ2v) is 9.42. The molecule has 2 N–H and O–H groups in total. The molecule has 2 aromatic carbocycles. The fourth-order valence-corrected chi connectivity index (χ4v) is 4.52. The number of hydrogen-bond acceptors (Lipinski definition) is 8. The first-order valence-corrected chi connectivity index (χ1v) is 12.9. The summed E-state index contributed by atoms with van der Waals surface area (Å²) >= 11 is 6.15. The molecule has 37 heavy (non-hydrogen) atoms. The van der Waals surface area contributed by atoms with Gasteiger partial charge in [-0.25, -0.2) is 9.97 Å². The second-order valence-electron chi connectivity index (χ2n) is 8.98. The summed E-state index contributed by atoms with van der Waals surface area (Å²) in [5.41, 5.74) is 2.02. The van der Waals surface area contributed by atoms with Gasteiger partial charge in [0.05, 0.1) is 31.0 Å². The maximum absolute atomic E-state index is 12.9. The number of carbonyl (C=O) groups is 1. The van der Waals surface area contributed by atoms with Crippen LogP contribution in [0.1, 0.15) is 12.8 Å². The van der Waals surface area contributed by atoms with Crippen LogP contribution in [0, 0.1) is 0 Å². The molecule has 0 radical (unpaired) electrons. The molecule has 0 unspecified atom stereocenters. The van der Waals surface area contributed by atoms with Crippen molar-refractivity contribution in [1.29, 1.82) is 0 Å². The molecule has 3 heterocycles. The maximum Gasteiger partial charge on any atom is 0.248 e. The predicted molar refractivity (Wildman–Crippen MR) is 144 cm³/mol. The number of carbonyl (C=O) groups excluding carboxylic acids is 1. The molecule has 2 fully saturated rings. The van der Waals surface area contributed by atoms with Gasteiger partial charge in [0.25, 0.3) is 0 Å². The van der Waals surface area contributed by atoms with Crippen LogP contribution in [0.15, 0.2) is 54.9 Å². The summed E-state index contributed by atoms with van der Waals surface area (Å²) in [6.07, 6.45) is 6.63. The van der Waals surface area contributed by atoms with Gasteiger partial charge in [-0.15, -0.1) is 0 Å². The number of anilines is 3. The van der Waals surface area contributed by atoms with Gasteiger partial charge in [-0.2, -0.15) is 0 Å². The van der Waals surface area contributed by atoms with E-state index in [0.29, 0.717) is 47.6 Å². The third-order valence-corrected chi connectivity index (χ3v) is 6.45. The van der Waals surface area contributed by atoms with Gasteiger partial charge < -0.3 is 24.8 Å². The SMILES string of the molecule is O=C(C=CCN1CCCOCC1)Nc1cc2c(Nc3cccc(Cl)c3)ncnc2cc1O[C@H]1CCOC1. The van der Waals surface area contributed by atoms with Crippen LogP contribution in [0.5, 0.6) is 5.75 Å². The third-order valence-electron chi connectivity index (χ3n) is 6.21. The van der Waals surface area contributed by atoms with E-state index in [1.807, 2.05) is 42.5 Å². The number of nitrogens with one attached hydrogen (secondary N) is 2. The van der Waals surface area contributed by atoms with Crippen LogP contribution < -0.4 is 15.4 Å². The van der Waals surface area contributed by atoms with Crippen LogP contribution in [0.4, 0.5) is 17.2 Å². The van der Waals surface area contributed by atoms with Crippen LogP contribution in [-0.4, -0.2) is 72.9 Å². The van der Waals surface area contributed by atoms with Crippen molar-refractivity contribution in [2.75, 3.05) is 56.7 Å². The summed E-state index contributed by atoms with van der Waals surface area (Å²) in [6, 6.07) is 11.1. The predicted octanol–water partition coefficient (Wildman–Crippen LogP) is 4.41. The van der Waals surface area contributed by atoms with Crippen molar-refractivity contribution in [3.63, 3.8) is 0 Å². The Morgan fingerprint density at radius 3 is 2.97 bits per heavy atom. The molecule has 2 saturated heterocycles. The maximum atomic E-state index is 12.9. The van der Waals surface area contributed by atoms with Crippen LogP contribution in [0.2, 0.25) is 5.02 Å².